The Kier molecular flexibility index (Phi) is 9.62. The smallest absolute Gasteiger partial charge is 0.315 e. The molecule has 5 nitrogen and oxygen atoms in total. The van der Waals surface area contributed by atoms with Crippen LogP contribution in [0, 0.1) is 11.8 Å². The van der Waals surface area contributed by atoms with Gasteiger partial charge in [0, 0.05) is 11.1 Å². The van der Waals surface area contributed by atoms with Gasteiger partial charge in [-0.3, -0.25) is 9.59 Å². The van der Waals surface area contributed by atoms with Gasteiger partial charge in [0.15, 0.2) is 28.8 Å². The van der Waals surface area contributed by atoms with E-state index in [1.54, 1.807) is 53.3 Å². The van der Waals surface area contributed by atoms with Crippen LogP contribution in [0.5, 0.6) is 11.5 Å². The number of hydrogen-bond donors (Lipinski definition) is 0. The average Bonchev–Trinajstić information content (AvgIpc) is 2.74. The molecule has 0 unspecified atom stereocenters. The van der Waals surface area contributed by atoms with Gasteiger partial charge in [0.25, 0.3) is 0 Å². The molecule has 2 aromatic carbocycles. The molecule has 0 fully saturated rings. The first-order chi connectivity index (χ1) is 14.3. The summed E-state index contributed by atoms with van der Waals surface area (Å²) in [6, 6.07) is 12.6. The number of ether oxygens (including phenoxy) is 2. The minimum absolute atomic E-state index is 0.0990. The molecule has 30 heavy (non-hydrogen) atoms. The highest BCUT2D eigenvalue weighted by atomic mass is 127. The second-order valence-electron chi connectivity index (χ2n) is 8.04. The lowest BCUT2D eigenvalue weighted by molar-refractivity contribution is -0.131. The summed E-state index contributed by atoms with van der Waals surface area (Å²) in [5.41, 5.74) is 1.92. The van der Waals surface area contributed by atoms with E-state index in [-0.39, 0.29) is 18.2 Å². The minimum atomic E-state index is -0.308. The molecule has 2 rings (SSSR count). The molecule has 0 saturated heterocycles. The van der Waals surface area contributed by atoms with Crippen molar-refractivity contribution in [1.82, 2.24) is 0 Å². The maximum absolute atomic E-state index is 13.1. The summed E-state index contributed by atoms with van der Waals surface area (Å²) in [5, 5.41) is 0. The molecule has 6 heteroatoms. The van der Waals surface area contributed by atoms with Crippen molar-refractivity contribution >= 4 is 34.8 Å². The highest BCUT2D eigenvalue weighted by Crippen LogP contribution is 2.25. The van der Waals surface area contributed by atoms with Crippen LogP contribution in [0.2, 0.25) is 0 Å². The van der Waals surface area contributed by atoms with Gasteiger partial charge in [-0.25, -0.2) is 0 Å². The Morgan fingerprint density at radius 3 is 2.23 bits per heavy atom. The fraction of sp³-hybridized carbons (Fsp3) is 0.417. The van der Waals surface area contributed by atoms with Gasteiger partial charge in [0.05, 0.1) is 19.6 Å². The lowest BCUT2D eigenvalue weighted by atomic mass is 9.98. The molecule has 0 radical (unpaired) electrons. The van der Waals surface area contributed by atoms with Crippen molar-refractivity contribution in [3.8, 4) is 11.5 Å². The molecule has 0 spiro atoms. The molecule has 0 aliphatic carbocycles. The lowest BCUT2D eigenvalue weighted by Crippen LogP contribution is -2.09. The molecule has 0 aromatic heterocycles. The quantitative estimate of drug-likeness (QED) is 0.274. The normalized spacial score (nSPS) is 10.9. The predicted octanol–water partition coefficient (Wildman–Crippen LogP) is 5.81. The molecular weight excluding hydrogens is 495 g/mol. The van der Waals surface area contributed by atoms with Crippen LogP contribution in [0.3, 0.4) is 0 Å². The summed E-state index contributed by atoms with van der Waals surface area (Å²) in [6.45, 7) is 9.45. The summed E-state index contributed by atoms with van der Waals surface area (Å²) < 4.78 is 16.4. The van der Waals surface area contributed by atoms with Crippen LogP contribution in [0.15, 0.2) is 42.5 Å². The van der Waals surface area contributed by atoms with Gasteiger partial charge >= 0.3 is 5.97 Å². The fourth-order valence-electron chi connectivity index (χ4n) is 2.75. The number of rotatable bonds is 11. The fourth-order valence-corrected chi connectivity index (χ4v) is 2.97. The van der Waals surface area contributed by atoms with Crippen LogP contribution < -0.4 is 9.47 Å². The van der Waals surface area contributed by atoms with E-state index in [2.05, 4.69) is 27.7 Å². The number of hydrogen-bond acceptors (Lipinski definition) is 5. The third kappa shape index (κ3) is 7.63. The standard InChI is InChI=1S/C24H29IO5/c1-16(2)14-28-21-7-5-6-19(13-21)24(27)20-8-10-22(29-15-17(3)4)18(12-20)9-11-23(26)30-25/h5-8,10,12-13,16-17H,9,11,14-15H2,1-4H3. The molecule has 0 bridgehead atoms. The Hall–Kier alpha value is -2.09. The summed E-state index contributed by atoms with van der Waals surface area (Å²) in [6.07, 6.45) is 0.658. The highest BCUT2D eigenvalue weighted by Gasteiger charge is 2.15. The number of halogens is 1. The number of carbonyl (C=O) groups excluding carboxylic acids is 2. The first-order valence-corrected chi connectivity index (χ1v) is 11.0. The molecular formula is C24H29IO5. The lowest BCUT2D eigenvalue weighted by Gasteiger charge is -2.14. The van der Waals surface area contributed by atoms with E-state index >= 15 is 0 Å². The number of carbonyl (C=O) groups is 2. The Labute approximate surface area is 192 Å². The summed E-state index contributed by atoms with van der Waals surface area (Å²) in [5.74, 6) is 1.73. The van der Waals surface area contributed by atoms with Crippen molar-refractivity contribution in [2.75, 3.05) is 13.2 Å². The molecule has 0 aliphatic heterocycles. The number of aryl methyl sites for hydroxylation is 1. The molecule has 0 N–H and O–H groups in total. The third-order valence-corrected chi connectivity index (χ3v) is 4.75. The van der Waals surface area contributed by atoms with E-state index in [0.29, 0.717) is 54.1 Å². The van der Waals surface area contributed by atoms with Gasteiger partial charge in [-0.1, -0.05) is 39.8 Å². The van der Waals surface area contributed by atoms with Crippen molar-refractivity contribution < 1.29 is 22.1 Å². The third-order valence-electron chi connectivity index (χ3n) is 4.26. The maximum atomic E-state index is 13.1. The molecule has 0 saturated carbocycles. The van der Waals surface area contributed by atoms with Crippen molar-refractivity contribution in [3.05, 3.63) is 59.2 Å². The SMILES string of the molecule is CC(C)COc1cccc(C(=O)c2ccc(OCC(C)C)c(CCC(=O)OI)c2)c1. The van der Waals surface area contributed by atoms with Crippen molar-refractivity contribution in [3.63, 3.8) is 0 Å². The van der Waals surface area contributed by atoms with E-state index in [4.69, 9.17) is 12.5 Å². The molecule has 0 atom stereocenters. The van der Waals surface area contributed by atoms with Crippen LogP contribution in [-0.2, 0) is 14.3 Å². The second-order valence-corrected chi connectivity index (χ2v) is 8.48. The van der Waals surface area contributed by atoms with E-state index in [1.165, 1.54) is 0 Å². The minimum Gasteiger partial charge on any atom is -0.493 e. The first kappa shape index (κ1) is 24.2. The Balaban J connectivity index is 2.25. The van der Waals surface area contributed by atoms with E-state index in [1.807, 2.05) is 12.1 Å². The maximum Gasteiger partial charge on any atom is 0.315 e. The molecule has 0 aliphatic rings. The summed E-state index contributed by atoms with van der Waals surface area (Å²) in [7, 11) is 0. The second kappa shape index (κ2) is 11.9. The van der Waals surface area contributed by atoms with Crippen LogP contribution in [0.1, 0.15) is 55.6 Å². The zero-order valence-corrected chi connectivity index (χ0v) is 20.1. The number of benzene rings is 2. The first-order valence-electron chi connectivity index (χ1n) is 10.1. The van der Waals surface area contributed by atoms with Gasteiger partial charge in [0.1, 0.15) is 11.5 Å². The zero-order valence-electron chi connectivity index (χ0n) is 17.9. The average molecular weight is 524 g/mol. The molecule has 2 aromatic rings. The van der Waals surface area contributed by atoms with Crippen molar-refractivity contribution in [2.45, 2.75) is 40.5 Å². The molecule has 0 amide bonds. The Morgan fingerprint density at radius 2 is 1.57 bits per heavy atom. The molecule has 162 valence electrons. The van der Waals surface area contributed by atoms with Gasteiger partial charge in [0.2, 0.25) is 0 Å². The summed E-state index contributed by atoms with van der Waals surface area (Å²) >= 11 is 1.58. The van der Waals surface area contributed by atoms with Crippen molar-refractivity contribution in [2.24, 2.45) is 11.8 Å². The highest BCUT2D eigenvalue weighted by molar-refractivity contribution is 14.1. The predicted molar refractivity (Wildman–Crippen MR) is 125 cm³/mol. The number of ketones is 1. The zero-order chi connectivity index (χ0) is 22.1. The van der Waals surface area contributed by atoms with Crippen LogP contribution in [-0.4, -0.2) is 25.0 Å². The van der Waals surface area contributed by atoms with E-state index in [0.717, 1.165) is 5.56 Å². The van der Waals surface area contributed by atoms with Gasteiger partial charge in [-0.15, -0.1) is 0 Å². The van der Waals surface area contributed by atoms with Gasteiger partial charge in [-0.05, 0) is 54.2 Å². The van der Waals surface area contributed by atoms with Crippen LogP contribution >= 0.6 is 23.0 Å². The van der Waals surface area contributed by atoms with Crippen LogP contribution in [0.4, 0.5) is 0 Å². The Morgan fingerprint density at radius 1 is 0.900 bits per heavy atom. The van der Waals surface area contributed by atoms with Gasteiger partial charge < -0.3 is 12.5 Å². The van der Waals surface area contributed by atoms with E-state index in [9.17, 15) is 9.59 Å². The van der Waals surface area contributed by atoms with E-state index < -0.39 is 0 Å². The Bertz CT molecular complexity index is 860. The van der Waals surface area contributed by atoms with Gasteiger partial charge in [-0.2, -0.15) is 0 Å². The topological polar surface area (TPSA) is 61.8 Å². The molecule has 0 heterocycles. The summed E-state index contributed by atoms with van der Waals surface area (Å²) in [4.78, 5) is 24.7. The van der Waals surface area contributed by atoms with Crippen molar-refractivity contribution in [1.29, 1.82) is 0 Å². The largest absolute Gasteiger partial charge is 0.493 e. The monoisotopic (exact) mass is 524 g/mol. The van der Waals surface area contributed by atoms with Crippen LogP contribution in [0.25, 0.3) is 0 Å².